The van der Waals surface area contributed by atoms with Gasteiger partial charge in [-0.15, -0.1) is 0 Å². The fraction of sp³-hybridized carbons (Fsp3) is 0.538. The number of aromatic amines is 1. The number of carbonyl (C=O) groups is 1. The highest BCUT2D eigenvalue weighted by Gasteiger charge is 2.20. The second kappa shape index (κ2) is 12.3. The van der Waals surface area contributed by atoms with Crippen molar-refractivity contribution in [2.45, 2.75) is 85.4 Å². The minimum atomic E-state index is -0.424. The number of fused-ring (bicyclic) bond motifs is 1. The highest BCUT2D eigenvalue weighted by Crippen LogP contribution is 2.16. The zero-order valence-corrected chi connectivity index (χ0v) is 20.7. The van der Waals surface area contributed by atoms with E-state index < -0.39 is 11.2 Å². The van der Waals surface area contributed by atoms with E-state index in [0.29, 0.717) is 56.0 Å². The third-order valence-corrected chi connectivity index (χ3v) is 6.20. The number of aryl methyl sites for hydroxylation is 3. The van der Waals surface area contributed by atoms with Gasteiger partial charge < -0.3 is 9.47 Å². The Labute approximate surface area is 200 Å². The summed E-state index contributed by atoms with van der Waals surface area (Å²) in [6, 6.07) is 9.95. The van der Waals surface area contributed by atoms with E-state index in [0.717, 1.165) is 37.7 Å². The molecule has 0 atom stereocenters. The minimum absolute atomic E-state index is 0.0517. The molecule has 0 spiro atoms. The summed E-state index contributed by atoms with van der Waals surface area (Å²) in [4.78, 5) is 47.4. The number of hydrogen-bond donors (Lipinski definition) is 1. The van der Waals surface area contributed by atoms with Crippen LogP contribution in [-0.4, -0.2) is 36.5 Å². The molecule has 2 heterocycles. The minimum Gasteiger partial charge on any atom is -0.339 e. The van der Waals surface area contributed by atoms with Crippen LogP contribution in [0.15, 0.2) is 39.9 Å². The number of benzene rings is 1. The Bertz CT molecular complexity index is 1190. The van der Waals surface area contributed by atoms with Crippen LogP contribution in [0.25, 0.3) is 11.2 Å². The number of imidazole rings is 1. The fourth-order valence-electron chi connectivity index (χ4n) is 4.25. The first-order valence-electron chi connectivity index (χ1n) is 12.5. The van der Waals surface area contributed by atoms with Crippen molar-refractivity contribution in [2.24, 2.45) is 0 Å². The summed E-state index contributed by atoms with van der Waals surface area (Å²) in [5, 5.41) is 0. The van der Waals surface area contributed by atoms with Crippen molar-refractivity contribution in [1.82, 2.24) is 24.0 Å². The van der Waals surface area contributed by atoms with Crippen LogP contribution in [0.3, 0.4) is 0 Å². The lowest BCUT2D eigenvalue weighted by Crippen LogP contribution is -2.31. The average molecular weight is 468 g/mol. The summed E-state index contributed by atoms with van der Waals surface area (Å²) >= 11 is 0. The number of carbonyl (C=O) groups excluding carboxylic acids is 1. The number of hydrogen-bond acceptors (Lipinski definition) is 4. The van der Waals surface area contributed by atoms with E-state index in [1.807, 2.05) is 46.7 Å². The molecule has 184 valence electrons. The van der Waals surface area contributed by atoms with E-state index in [9.17, 15) is 14.4 Å². The summed E-state index contributed by atoms with van der Waals surface area (Å²) in [5.41, 5.74) is 1.13. The van der Waals surface area contributed by atoms with Crippen molar-refractivity contribution in [1.29, 1.82) is 0 Å². The van der Waals surface area contributed by atoms with Crippen LogP contribution in [0.4, 0.5) is 0 Å². The van der Waals surface area contributed by atoms with Crippen LogP contribution in [0.1, 0.15) is 70.7 Å². The molecule has 3 rings (SSSR count). The smallest absolute Gasteiger partial charge is 0.330 e. The van der Waals surface area contributed by atoms with Gasteiger partial charge in [-0.05, 0) is 25.3 Å². The largest absolute Gasteiger partial charge is 0.339 e. The van der Waals surface area contributed by atoms with E-state index in [-0.39, 0.29) is 5.91 Å². The lowest BCUT2D eigenvalue weighted by molar-refractivity contribution is -0.131. The van der Waals surface area contributed by atoms with E-state index in [1.54, 1.807) is 4.57 Å². The quantitative estimate of drug-likeness (QED) is 0.386. The number of amides is 1. The molecule has 0 aliphatic heterocycles. The summed E-state index contributed by atoms with van der Waals surface area (Å²) in [6.45, 7) is 8.51. The molecular formula is C26H37N5O3. The Kier molecular flexibility index (Phi) is 9.24. The van der Waals surface area contributed by atoms with Gasteiger partial charge in [0, 0.05) is 39.0 Å². The van der Waals surface area contributed by atoms with Gasteiger partial charge in [-0.25, -0.2) is 9.78 Å². The van der Waals surface area contributed by atoms with Crippen LogP contribution in [0.5, 0.6) is 0 Å². The summed E-state index contributed by atoms with van der Waals surface area (Å²) in [7, 11) is 0. The summed E-state index contributed by atoms with van der Waals surface area (Å²) < 4.78 is 3.49. The monoisotopic (exact) mass is 467 g/mol. The maximum Gasteiger partial charge on any atom is 0.330 e. The van der Waals surface area contributed by atoms with Crippen molar-refractivity contribution >= 4 is 17.1 Å². The molecule has 1 aromatic carbocycles. The van der Waals surface area contributed by atoms with Crippen LogP contribution in [-0.2, 0) is 30.8 Å². The Hall–Kier alpha value is -3.16. The fourth-order valence-corrected chi connectivity index (χ4v) is 4.25. The zero-order valence-electron chi connectivity index (χ0n) is 20.7. The highest BCUT2D eigenvalue weighted by molar-refractivity contribution is 5.77. The van der Waals surface area contributed by atoms with Gasteiger partial charge in [0.2, 0.25) is 5.91 Å². The van der Waals surface area contributed by atoms with E-state index in [2.05, 4.69) is 18.8 Å². The summed E-state index contributed by atoms with van der Waals surface area (Å²) in [6.07, 6.45) is 5.48. The number of nitrogens with zero attached hydrogens (tertiary/aromatic N) is 4. The van der Waals surface area contributed by atoms with Gasteiger partial charge in [0.25, 0.3) is 5.56 Å². The maximum atomic E-state index is 13.0. The van der Waals surface area contributed by atoms with Crippen molar-refractivity contribution in [3.63, 3.8) is 0 Å². The molecule has 3 aromatic rings. The third kappa shape index (κ3) is 6.04. The first kappa shape index (κ1) is 25.5. The molecule has 0 unspecified atom stereocenters. The van der Waals surface area contributed by atoms with Gasteiger partial charge in [0.05, 0.1) is 0 Å². The Morgan fingerprint density at radius 3 is 2.35 bits per heavy atom. The lowest BCUT2D eigenvalue weighted by Gasteiger charge is -2.21. The molecule has 1 amide bonds. The van der Waals surface area contributed by atoms with Gasteiger partial charge in [-0.1, -0.05) is 63.4 Å². The van der Waals surface area contributed by atoms with Crippen LogP contribution >= 0.6 is 0 Å². The summed E-state index contributed by atoms with van der Waals surface area (Å²) in [5.74, 6) is 0.743. The molecular weight excluding hydrogens is 430 g/mol. The Morgan fingerprint density at radius 1 is 0.971 bits per heavy atom. The van der Waals surface area contributed by atoms with Gasteiger partial charge in [0.1, 0.15) is 5.82 Å². The molecule has 8 nitrogen and oxygen atoms in total. The van der Waals surface area contributed by atoms with Crippen molar-refractivity contribution in [3.05, 3.63) is 62.6 Å². The van der Waals surface area contributed by atoms with Crippen molar-refractivity contribution < 1.29 is 4.79 Å². The predicted octanol–water partition coefficient (Wildman–Crippen LogP) is 3.86. The number of unbranched alkanes of at least 4 members (excludes halogenated alkanes) is 3. The van der Waals surface area contributed by atoms with Gasteiger partial charge in [0.15, 0.2) is 11.2 Å². The zero-order chi connectivity index (χ0) is 24.5. The van der Waals surface area contributed by atoms with Crippen LogP contribution in [0.2, 0.25) is 0 Å². The van der Waals surface area contributed by atoms with Crippen molar-refractivity contribution in [3.8, 4) is 0 Å². The number of aromatic nitrogens is 4. The number of H-pyrrole nitrogens is 1. The second-order valence-corrected chi connectivity index (χ2v) is 8.72. The van der Waals surface area contributed by atoms with E-state index in [4.69, 9.17) is 4.98 Å². The van der Waals surface area contributed by atoms with Crippen LogP contribution < -0.4 is 11.2 Å². The maximum absolute atomic E-state index is 13.0. The van der Waals surface area contributed by atoms with Gasteiger partial charge in [-0.3, -0.25) is 19.1 Å². The number of nitrogens with one attached hydrogen (secondary N) is 1. The first-order chi connectivity index (χ1) is 16.5. The molecule has 0 aliphatic rings. The molecule has 1 N–H and O–H groups in total. The first-order valence-corrected chi connectivity index (χ1v) is 12.5. The predicted molar refractivity (Wildman–Crippen MR) is 135 cm³/mol. The normalized spacial score (nSPS) is 11.3. The average Bonchev–Trinajstić information content (AvgIpc) is 3.20. The molecule has 0 aliphatic carbocycles. The highest BCUT2D eigenvalue weighted by atomic mass is 16.2. The SMILES string of the molecule is CCCCCn1c(CCC(=O)N(CC)Cc2ccccc2)nc2c1c(=O)[nH]c(=O)n2CCCC. The van der Waals surface area contributed by atoms with Gasteiger partial charge >= 0.3 is 5.69 Å². The third-order valence-electron chi connectivity index (χ3n) is 6.20. The Morgan fingerprint density at radius 2 is 1.68 bits per heavy atom. The van der Waals surface area contributed by atoms with Crippen molar-refractivity contribution in [2.75, 3.05) is 6.54 Å². The topological polar surface area (TPSA) is 93.0 Å². The molecule has 0 bridgehead atoms. The molecule has 0 saturated heterocycles. The Balaban J connectivity index is 1.89. The molecule has 2 aromatic heterocycles. The second-order valence-electron chi connectivity index (χ2n) is 8.72. The molecule has 8 heteroatoms. The standard InChI is InChI=1S/C26H37N5O3/c1-4-7-12-18-30-21(15-16-22(32)29(6-3)19-20-13-10-9-11-14-20)27-24-23(30)25(33)28-26(34)31(24)17-8-5-2/h9-11,13-14H,4-8,12,15-19H2,1-3H3,(H,28,33,34). The molecule has 34 heavy (non-hydrogen) atoms. The van der Waals surface area contributed by atoms with Gasteiger partial charge in [-0.2, -0.15) is 0 Å². The van der Waals surface area contributed by atoms with Crippen LogP contribution in [0, 0.1) is 0 Å². The van der Waals surface area contributed by atoms with E-state index >= 15 is 0 Å². The molecule has 0 radical (unpaired) electrons. The molecule has 0 saturated carbocycles. The molecule has 0 fully saturated rings. The van der Waals surface area contributed by atoms with E-state index in [1.165, 1.54) is 0 Å². The number of rotatable bonds is 13. The lowest BCUT2D eigenvalue weighted by atomic mass is 10.2.